The Morgan fingerprint density at radius 1 is 1.40 bits per heavy atom. The third kappa shape index (κ3) is 2.98. The van der Waals surface area contributed by atoms with Crippen LogP contribution in [-0.4, -0.2) is 38.5 Å². The molecule has 0 bridgehead atoms. The van der Waals surface area contributed by atoms with Gasteiger partial charge in [0.25, 0.3) is 0 Å². The van der Waals surface area contributed by atoms with E-state index in [1.54, 1.807) is 11.6 Å². The van der Waals surface area contributed by atoms with E-state index in [2.05, 4.69) is 21.6 Å². The number of thioether (sulfide) groups is 1. The van der Waals surface area contributed by atoms with Crippen LogP contribution in [0.15, 0.2) is 23.4 Å². The van der Waals surface area contributed by atoms with Gasteiger partial charge in [0, 0.05) is 0 Å². The van der Waals surface area contributed by atoms with Crippen LogP contribution in [0, 0.1) is 13.8 Å². The van der Waals surface area contributed by atoms with Crippen molar-refractivity contribution in [3.63, 3.8) is 0 Å². The lowest BCUT2D eigenvalue weighted by atomic mass is 10.1. The monoisotopic (exact) mass is 292 g/mol. The number of aromatic nitrogens is 4. The highest BCUT2D eigenvalue weighted by molar-refractivity contribution is 8.00. The second-order valence-electron chi connectivity index (χ2n) is 4.45. The molecule has 0 N–H and O–H groups in total. The minimum atomic E-state index is -0.365. The summed E-state index contributed by atoms with van der Waals surface area (Å²) in [6.45, 7) is 5.80. The molecule has 1 aromatic heterocycles. The summed E-state index contributed by atoms with van der Waals surface area (Å²) in [5.41, 5.74) is 3.15. The van der Waals surface area contributed by atoms with Crippen LogP contribution < -0.4 is 0 Å². The van der Waals surface area contributed by atoms with E-state index < -0.39 is 0 Å². The van der Waals surface area contributed by atoms with Gasteiger partial charge in [-0.05, 0) is 42.8 Å². The number of carbonyl (C=O) groups excluding carboxylic acids is 1. The molecule has 0 radical (unpaired) electrons. The van der Waals surface area contributed by atoms with Crippen LogP contribution in [0.4, 0.5) is 0 Å². The average molecular weight is 292 g/mol. The molecule has 0 saturated carbocycles. The maximum atomic E-state index is 11.5. The molecule has 106 valence electrons. The van der Waals surface area contributed by atoms with Crippen molar-refractivity contribution in [2.75, 3.05) is 7.11 Å². The van der Waals surface area contributed by atoms with Gasteiger partial charge in [0.05, 0.1) is 12.8 Å². The van der Waals surface area contributed by atoms with Crippen LogP contribution in [0.2, 0.25) is 0 Å². The molecule has 6 nitrogen and oxygen atoms in total. The molecular weight excluding hydrogens is 276 g/mol. The van der Waals surface area contributed by atoms with E-state index in [9.17, 15) is 4.79 Å². The van der Waals surface area contributed by atoms with Gasteiger partial charge >= 0.3 is 5.97 Å². The number of rotatable bonds is 4. The molecule has 0 saturated heterocycles. The maximum absolute atomic E-state index is 11.5. The summed E-state index contributed by atoms with van der Waals surface area (Å²) in [5, 5.41) is 11.9. The first-order chi connectivity index (χ1) is 9.52. The number of ether oxygens (including phenoxy) is 1. The largest absolute Gasteiger partial charge is 0.468 e. The summed E-state index contributed by atoms with van der Waals surface area (Å²) in [6, 6.07) is 6.03. The fourth-order valence-corrected chi connectivity index (χ4v) is 2.65. The number of carbonyl (C=O) groups is 1. The molecule has 1 atom stereocenters. The van der Waals surface area contributed by atoms with E-state index in [1.807, 2.05) is 26.0 Å². The first-order valence-electron chi connectivity index (χ1n) is 6.13. The van der Waals surface area contributed by atoms with Crippen LogP contribution in [0.3, 0.4) is 0 Å². The molecule has 0 amide bonds. The SMILES string of the molecule is COC(=O)[C@H](C)Sc1nnnn1-c1ccc(C)cc1C. The van der Waals surface area contributed by atoms with Gasteiger partial charge in [-0.3, -0.25) is 4.79 Å². The summed E-state index contributed by atoms with van der Waals surface area (Å²) in [5.74, 6) is -0.301. The minimum absolute atomic E-state index is 0.301. The molecule has 2 aromatic rings. The minimum Gasteiger partial charge on any atom is -0.468 e. The summed E-state index contributed by atoms with van der Waals surface area (Å²) in [4.78, 5) is 11.5. The summed E-state index contributed by atoms with van der Waals surface area (Å²) >= 11 is 1.27. The molecular formula is C13H16N4O2S. The van der Waals surface area contributed by atoms with Crippen LogP contribution in [0.1, 0.15) is 18.1 Å². The van der Waals surface area contributed by atoms with Crippen molar-refractivity contribution in [1.29, 1.82) is 0 Å². The summed E-state index contributed by atoms with van der Waals surface area (Å²) in [7, 11) is 1.37. The van der Waals surface area contributed by atoms with Gasteiger partial charge in [0.1, 0.15) is 5.25 Å². The van der Waals surface area contributed by atoms with Crippen molar-refractivity contribution in [2.24, 2.45) is 0 Å². The number of tetrazole rings is 1. The van der Waals surface area contributed by atoms with Crippen molar-refractivity contribution >= 4 is 17.7 Å². The Balaban J connectivity index is 2.31. The summed E-state index contributed by atoms with van der Waals surface area (Å²) < 4.78 is 6.35. The highest BCUT2D eigenvalue weighted by Gasteiger charge is 2.20. The van der Waals surface area contributed by atoms with Crippen LogP contribution in [-0.2, 0) is 9.53 Å². The van der Waals surface area contributed by atoms with Crippen molar-refractivity contribution in [2.45, 2.75) is 31.2 Å². The van der Waals surface area contributed by atoms with Gasteiger partial charge in [-0.1, -0.05) is 29.5 Å². The lowest BCUT2D eigenvalue weighted by molar-refractivity contribution is -0.139. The van der Waals surface area contributed by atoms with Gasteiger partial charge in [0.15, 0.2) is 0 Å². The number of hydrogen-bond donors (Lipinski definition) is 0. The van der Waals surface area contributed by atoms with Crippen molar-refractivity contribution in [1.82, 2.24) is 20.2 Å². The molecule has 0 unspecified atom stereocenters. The topological polar surface area (TPSA) is 69.9 Å². The van der Waals surface area contributed by atoms with Gasteiger partial charge in [-0.2, -0.15) is 4.68 Å². The zero-order valence-corrected chi connectivity index (χ0v) is 12.6. The Hall–Kier alpha value is -1.89. The zero-order chi connectivity index (χ0) is 14.7. The number of esters is 1. The maximum Gasteiger partial charge on any atom is 0.318 e. The van der Waals surface area contributed by atoms with E-state index in [0.29, 0.717) is 5.16 Å². The fourth-order valence-electron chi connectivity index (χ4n) is 1.82. The zero-order valence-electron chi connectivity index (χ0n) is 11.8. The number of hydrogen-bond acceptors (Lipinski definition) is 6. The fraction of sp³-hybridized carbons (Fsp3) is 0.385. The Kier molecular flexibility index (Phi) is 4.39. The number of methoxy groups -OCH3 is 1. The highest BCUT2D eigenvalue weighted by Crippen LogP contribution is 2.25. The molecule has 0 spiro atoms. The molecule has 1 aromatic carbocycles. The molecule has 1 heterocycles. The number of benzene rings is 1. The van der Waals surface area contributed by atoms with E-state index in [-0.39, 0.29) is 11.2 Å². The first-order valence-corrected chi connectivity index (χ1v) is 7.01. The smallest absolute Gasteiger partial charge is 0.318 e. The summed E-state index contributed by atoms with van der Waals surface area (Å²) in [6.07, 6.45) is 0. The quantitative estimate of drug-likeness (QED) is 0.633. The first kappa shape index (κ1) is 14.5. The predicted molar refractivity (Wildman–Crippen MR) is 76.0 cm³/mol. The Morgan fingerprint density at radius 3 is 2.80 bits per heavy atom. The Morgan fingerprint density at radius 2 is 2.15 bits per heavy atom. The molecule has 2 rings (SSSR count). The third-order valence-corrected chi connectivity index (χ3v) is 3.85. The Bertz CT molecular complexity index is 627. The molecule has 0 aliphatic rings. The molecule has 20 heavy (non-hydrogen) atoms. The Labute approximate surface area is 121 Å². The normalized spacial score (nSPS) is 12.2. The molecule has 7 heteroatoms. The average Bonchev–Trinajstić information content (AvgIpc) is 2.85. The lowest BCUT2D eigenvalue weighted by Crippen LogP contribution is -2.15. The predicted octanol–water partition coefficient (Wildman–Crippen LogP) is 1.93. The lowest BCUT2D eigenvalue weighted by Gasteiger charge is -2.10. The van der Waals surface area contributed by atoms with Crippen LogP contribution >= 0.6 is 11.8 Å². The van der Waals surface area contributed by atoms with Crippen molar-refractivity contribution in [3.05, 3.63) is 29.3 Å². The van der Waals surface area contributed by atoms with E-state index in [4.69, 9.17) is 4.74 Å². The van der Waals surface area contributed by atoms with E-state index in [0.717, 1.165) is 11.3 Å². The molecule has 0 aliphatic heterocycles. The van der Waals surface area contributed by atoms with Crippen LogP contribution in [0.25, 0.3) is 5.69 Å². The van der Waals surface area contributed by atoms with Gasteiger partial charge in [-0.15, -0.1) is 5.10 Å². The standard InChI is InChI=1S/C13H16N4O2S/c1-8-5-6-11(9(2)7-8)17-13(14-15-16-17)20-10(3)12(18)19-4/h5-7,10H,1-4H3/t10-/m0/s1. The molecule has 0 fully saturated rings. The van der Waals surface area contributed by atoms with Crippen molar-refractivity contribution < 1.29 is 9.53 Å². The van der Waals surface area contributed by atoms with Crippen LogP contribution in [0.5, 0.6) is 0 Å². The second-order valence-corrected chi connectivity index (χ2v) is 5.75. The number of nitrogens with zero attached hydrogens (tertiary/aromatic N) is 4. The van der Waals surface area contributed by atoms with Gasteiger partial charge < -0.3 is 4.74 Å². The highest BCUT2D eigenvalue weighted by atomic mass is 32.2. The molecule has 0 aliphatic carbocycles. The van der Waals surface area contributed by atoms with Crippen molar-refractivity contribution in [3.8, 4) is 5.69 Å². The third-order valence-electron chi connectivity index (χ3n) is 2.84. The van der Waals surface area contributed by atoms with Gasteiger partial charge in [-0.25, -0.2) is 0 Å². The second kappa shape index (κ2) is 6.04. The van der Waals surface area contributed by atoms with E-state index in [1.165, 1.54) is 24.4 Å². The van der Waals surface area contributed by atoms with Gasteiger partial charge in [0.2, 0.25) is 5.16 Å². The van der Waals surface area contributed by atoms with E-state index >= 15 is 0 Å². The number of aryl methyl sites for hydroxylation is 2.